The van der Waals surface area contributed by atoms with E-state index >= 15 is 0 Å². The van der Waals surface area contributed by atoms with E-state index in [1.165, 1.54) is 5.56 Å². The lowest BCUT2D eigenvalue weighted by atomic mass is 9.77. The number of fused-ring (bicyclic) bond motifs is 4. The second-order valence-corrected chi connectivity index (χ2v) is 5.66. The Bertz CT molecular complexity index is 779. The van der Waals surface area contributed by atoms with Crippen LogP contribution in [0.25, 0.3) is 10.8 Å². The van der Waals surface area contributed by atoms with Crippen LogP contribution in [0.15, 0.2) is 12.1 Å². The second kappa shape index (κ2) is 3.89. The van der Waals surface area contributed by atoms with E-state index < -0.39 is 5.38 Å². The van der Waals surface area contributed by atoms with Crippen LogP contribution < -0.4 is 9.47 Å². The molecule has 4 heteroatoms. The molecular formula is C16H13ClO3. The molecule has 0 fully saturated rings. The van der Waals surface area contributed by atoms with Crippen LogP contribution in [0.2, 0.25) is 0 Å². The lowest BCUT2D eigenvalue weighted by Gasteiger charge is -2.29. The summed E-state index contributed by atoms with van der Waals surface area (Å²) >= 11 is 6.18. The number of ether oxygens (including phenoxy) is 2. The summed E-state index contributed by atoms with van der Waals surface area (Å²) in [4.78, 5) is 12.1. The highest BCUT2D eigenvalue weighted by Gasteiger charge is 2.39. The van der Waals surface area contributed by atoms with Crippen molar-refractivity contribution < 1.29 is 14.3 Å². The largest absolute Gasteiger partial charge is 0.454 e. The van der Waals surface area contributed by atoms with Gasteiger partial charge in [-0.2, -0.15) is 0 Å². The molecular weight excluding hydrogens is 276 g/mol. The molecule has 1 aliphatic carbocycles. The zero-order valence-electron chi connectivity index (χ0n) is 11.2. The quantitative estimate of drug-likeness (QED) is 0.746. The summed E-state index contributed by atoms with van der Waals surface area (Å²) in [5.41, 5.74) is 4.11. The van der Waals surface area contributed by atoms with Gasteiger partial charge in [0, 0.05) is 5.56 Å². The maximum atomic E-state index is 12.1. The molecule has 20 heavy (non-hydrogen) atoms. The van der Waals surface area contributed by atoms with E-state index in [1.54, 1.807) is 0 Å². The molecule has 1 heterocycles. The van der Waals surface area contributed by atoms with Crippen LogP contribution in [0, 0.1) is 6.92 Å². The Morgan fingerprint density at radius 1 is 1.25 bits per heavy atom. The number of Topliss-reactive ketones (excluding diaryl/α,β-unsaturated/α-hetero) is 1. The van der Waals surface area contributed by atoms with Crippen LogP contribution in [0.4, 0.5) is 0 Å². The minimum absolute atomic E-state index is 0.0104. The number of benzene rings is 2. The molecule has 1 aliphatic heterocycles. The highest BCUT2D eigenvalue weighted by atomic mass is 35.5. The monoisotopic (exact) mass is 288 g/mol. The number of ketones is 1. The third-order valence-electron chi connectivity index (χ3n) is 4.32. The van der Waals surface area contributed by atoms with Crippen molar-refractivity contribution in [2.75, 3.05) is 6.79 Å². The first kappa shape index (κ1) is 12.0. The Morgan fingerprint density at radius 3 is 2.55 bits per heavy atom. The summed E-state index contributed by atoms with van der Waals surface area (Å²) in [6.07, 6.45) is 0.896. The van der Waals surface area contributed by atoms with Gasteiger partial charge in [0.25, 0.3) is 0 Å². The molecule has 2 aromatic rings. The van der Waals surface area contributed by atoms with Crippen LogP contribution in [-0.2, 0) is 6.42 Å². The van der Waals surface area contributed by atoms with E-state index in [0.29, 0.717) is 5.75 Å². The first-order valence-electron chi connectivity index (χ1n) is 6.70. The Balaban J connectivity index is 2.16. The van der Waals surface area contributed by atoms with Crippen molar-refractivity contribution in [1.29, 1.82) is 0 Å². The van der Waals surface area contributed by atoms with Crippen LogP contribution >= 0.6 is 11.6 Å². The van der Waals surface area contributed by atoms with Crippen LogP contribution in [0.1, 0.15) is 39.3 Å². The van der Waals surface area contributed by atoms with Crippen molar-refractivity contribution >= 4 is 28.2 Å². The van der Waals surface area contributed by atoms with Crippen molar-refractivity contribution in [2.24, 2.45) is 0 Å². The lowest BCUT2D eigenvalue weighted by molar-refractivity contribution is 0.0962. The Morgan fingerprint density at radius 2 is 1.90 bits per heavy atom. The van der Waals surface area contributed by atoms with Crippen molar-refractivity contribution in [2.45, 2.75) is 25.6 Å². The smallest absolute Gasteiger partial charge is 0.231 e. The normalized spacial score (nSPS) is 19.1. The first-order valence-corrected chi connectivity index (χ1v) is 7.14. The van der Waals surface area contributed by atoms with Crippen LogP contribution in [0.3, 0.4) is 0 Å². The molecule has 1 atom stereocenters. The van der Waals surface area contributed by atoms with Gasteiger partial charge in [-0.05, 0) is 52.9 Å². The number of rotatable bonds is 1. The molecule has 2 aliphatic rings. The summed E-state index contributed by atoms with van der Waals surface area (Å²) in [6.45, 7) is 4.40. The standard InChI is InChI=1S/C16H13ClO3/c1-3-8-7(2)13-14(16(18)15(13)17)10-5-12-11(4-9(8)10)19-6-20-12/h4-5,15H,3,6H2,1-2H3. The van der Waals surface area contributed by atoms with E-state index in [9.17, 15) is 4.79 Å². The van der Waals surface area contributed by atoms with Gasteiger partial charge < -0.3 is 9.47 Å². The molecule has 4 rings (SSSR count). The number of alkyl halides is 1. The molecule has 102 valence electrons. The van der Waals surface area contributed by atoms with Gasteiger partial charge in [0.15, 0.2) is 17.3 Å². The van der Waals surface area contributed by atoms with Gasteiger partial charge >= 0.3 is 0 Å². The molecule has 0 radical (unpaired) electrons. The molecule has 0 saturated carbocycles. The van der Waals surface area contributed by atoms with Gasteiger partial charge in [-0.3, -0.25) is 4.79 Å². The minimum Gasteiger partial charge on any atom is -0.454 e. The van der Waals surface area contributed by atoms with Crippen LogP contribution in [-0.4, -0.2) is 12.6 Å². The topological polar surface area (TPSA) is 35.5 Å². The molecule has 1 unspecified atom stereocenters. The summed E-state index contributed by atoms with van der Waals surface area (Å²) in [5.74, 6) is 1.47. The average Bonchev–Trinajstić information content (AvgIpc) is 2.90. The van der Waals surface area contributed by atoms with Gasteiger partial charge in [0.1, 0.15) is 5.38 Å². The van der Waals surface area contributed by atoms with Crippen molar-refractivity contribution in [1.82, 2.24) is 0 Å². The fourth-order valence-electron chi connectivity index (χ4n) is 3.31. The Hall–Kier alpha value is -1.74. The fourth-order valence-corrected chi connectivity index (χ4v) is 3.70. The number of halogens is 1. The van der Waals surface area contributed by atoms with Crippen molar-refractivity contribution in [3.8, 4) is 11.5 Å². The maximum Gasteiger partial charge on any atom is 0.231 e. The number of carbonyl (C=O) groups is 1. The van der Waals surface area contributed by atoms with E-state index in [-0.39, 0.29) is 12.6 Å². The van der Waals surface area contributed by atoms with E-state index in [2.05, 4.69) is 6.92 Å². The fraction of sp³-hybridized carbons (Fsp3) is 0.312. The van der Waals surface area contributed by atoms with Gasteiger partial charge in [-0.15, -0.1) is 11.6 Å². The van der Waals surface area contributed by atoms with Gasteiger partial charge in [-0.25, -0.2) is 0 Å². The molecule has 0 bridgehead atoms. The predicted molar refractivity (Wildman–Crippen MR) is 77.1 cm³/mol. The van der Waals surface area contributed by atoms with Gasteiger partial charge in [-0.1, -0.05) is 6.92 Å². The number of hydrogen-bond donors (Lipinski definition) is 0. The third kappa shape index (κ3) is 1.29. The van der Waals surface area contributed by atoms with E-state index in [0.717, 1.165) is 39.6 Å². The molecule has 3 nitrogen and oxygen atoms in total. The molecule has 0 saturated heterocycles. The van der Waals surface area contributed by atoms with Gasteiger partial charge in [0.2, 0.25) is 6.79 Å². The number of carbonyl (C=O) groups excluding carboxylic acids is 1. The summed E-state index contributed by atoms with van der Waals surface area (Å²) in [6, 6.07) is 3.90. The summed E-state index contributed by atoms with van der Waals surface area (Å²) in [7, 11) is 0. The second-order valence-electron chi connectivity index (χ2n) is 5.22. The van der Waals surface area contributed by atoms with Crippen molar-refractivity contribution in [3.63, 3.8) is 0 Å². The Kier molecular flexibility index (Phi) is 2.34. The minimum atomic E-state index is -0.495. The molecule has 0 aromatic heterocycles. The number of aryl methyl sites for hydroxylation is 1. The average molecular weight is 289 g/mol. The highest BCUT2D eigenvalue weighted by Crippen LogP contribution is 2.49. The third-order valence-corrected chi connectivity index (χ3v) is 4.73. The maximum absolute atomic E-state index is 12.1. The molecule has 0 amide bonds. The molecule has 0 spiro atoms. The predicted octanol–water partition coefficient (Wildman–Crippen LogP) is 3.92. The van der Waals surface area contributed by atoms with E-state index in [4.69, 9.17) is 21.1 Å². The number of hydrogen-bond acceptors (Lipinski definition) is 3. The summed E-state index contributed by atoms with van der Waals surface area (Å²) in [5, 5.41) is 1.52. The zero-order chi connectivity index (χ0) is 14.0. The Labute approximate surface area is 121 Å². The summed E-state index contributed by atoms with van der Waals surface area (Å²) < 4.78 is 10.9. The van der Waals surface area contributed by atoms with Crippen molar-refractivity contribution in [3.05, 3.63) is 34.4 Å². The van der Waals surface area contributed by atoms with Crippen LogP contribution in [0.5, 0.6) is 11.5 Å². The zero-order valence-corrected chi connectivity index (χ0v) is 12.0. The van der Waals surface area contributed by atoms with E-state index in [1.807, 2.05) is 19.1 Å². The highest BCUT2D eigenvalue weighted by molar-refractivity contribution is 6.41. The SMILES string of the molecule is CCc1c(C)c2c(c3cc4c(cc13)OCO4)C(=O)C2Cl. The van der Waals surface area contributed by atoms with Gasteiger partial charge in [0.05, 0.1) is 0 Å². The molecule has 0 N–H and O–H groups in total. The lowest BCUT2D eigenvalue weighted by Crippen LogP contribution is -2.25. The first-order chi connectivity index (χ1) is 9.63. The molecule has 2 aromatic carbocycles.